The Labute approximate surface area is 283 Å². The van der Waals surface area contributed by atoms with E-state index >= 15 is 0 Å². The highest BCUT2D eigenvalue weighted by Gasteiger charge is 2.30. The van der Waals surface area contributed by atoms with Gasteiger partial charge in [-0.05, 0) is 88.2 Å². The van der Waals surface area contributed by atoms with E-state index in [0.29, 0.717) is 25.4 Å². The molecule has 0 aliphatic carbocycles. The normalized spacial score (nSPS) is 20.3. The summed E-state index contributed by atoms with van der Waals surface area (Å²) in [5.74, 6) is -1.17. The van der Waals surface area contributed by atoms with E-state index in [1.165, 1.54) is 18.2 Å². The van der Waals surface area contributed by atoms with Crippen molar-refractivity contribution in [1.82, 2.24) is 9.80 Å². The number of rotatable bonds is 10. The van der Waals surface area contributed by atoms with Crippen LogP contribution in [0, 0.1) is 5.92 Å². The van der Waals surface area contributed by atoms with Gasteiger partial charge in [-0.3, -0.25) is 14.4 Å². The maximum atomic E-state index is 14.4. The highest BCUT2D eigenvalue weighted by atomic mass is 32.2. The quantitative estimate of drug-likeness (QED) is 0.266. The van der Waals surface area contributed by atoms with Crippen LogP contribution in [0.5, 0.6) is 5.75 Å². The van der Waals surface area contributed by atoms with Gasteiger partial charge in [0.05, 0.1) is 40.9 Å². The Morgan fingerprint density at radius 3 is 2.44 bits per heavy atom. The number of aromatic carboxylic acids is 1. The van der Waals surface area contributed by atoms with E-state index in [2.05, 4.69) is 9.62 Å². The van der Waals surface area contributed by atoms with Crippen LogP contribution in [-0.4, -0.2) is 91.9 Å². The van der Waals surface area contributed by atoms with Gasteiger partial charge in [-0.1, -0.05) is 37.3 Å². The van der Waals surface area contributed by atoms with Gasteiger partial charge in [0.2, 0.25) is 0 Å². The van der Waals surface area contributed by atoms with Crippen LogP contribution in [0.3, 0.4) is 0 Å². The number of likely N-dealkylation sites (N-methyl/N-ethyl adjacent to an activating group) is 1. The Kier molecular flexibility index (Phi) is 13.0. The fourth-order valence-corrected chi connectivity index (χ4v) is 6.77. The van der Waals surface area contributed by atoms with Crippen LogP contribution in [-0.2, 0) is 21.3 Å². The van der Waals surface area contributed by atoms with Crippen molar-refractivity contribution in [2.75, 3.05) is 38.1 Å². The van der Waals surface area contributed by atoms with Gasteiger partial charge >= 0.3 is 5.97 Å². The Morgan fingerprint density at radius 1 is 1.06 bits per heavy atom. The molecule has 0 fully saturated rings. The summed E-state index contributed by atoms with van der Waals surface area (Å²) in [5.41, 5.74) is 1.60. The molecule has 11 nitrogen and oxygen atoms in total. The van der Waals surface area contributed by atoms with Crippen molar-refractivity contribution in [3.05, 3.63) is 89.5 Å². The molecule has 1 aliphatic rings. The van der Waals surface area contributed by atoms with E-state index in [-0.39, 0.29) is 53.0 Å². The average molecular weight is 682 g/mol. The van der Waals surface area contributed by atoms with Gasteiger partial charge in [-0.25, -0.2) is 13.2 Å². The molecule has 1 amide bonds. The highest BCUT2D eigenvalue weighted by Crippen LogP contribution is 2.29. The van der Waals surface area contributed by atoms with E-state index in [4.69, 9.17) is 9.47 Å². The molecule has 4 rings (SSSR count). The number of aliphatic hydroxyl groups is 1. The van der Waals surface area contributed by atoms with E-state index in [1.807, 2.05) is 20.9 Å². The number of benzene rings is 3. The fourth-order valence-electron chi connectivity index (χ4n) is 5.70. The van der Waals surface area contributed by atoms with Crippen LogP contribution in [0.2, 0.25) is 0 Å². The lowest BCUT2D eigenvalue weighted by Gasteiger charge is -2.36. The first-order valence-corrected chi connectivity index (χ1v) is 17.8. The molecule has 4 atom stereocenters. The third-order valence-electron chi connectivity index (χ3n) is 8.50. The third-order valence-corrected chi connectivity index (χ3v) is 9.90. The summed E-state index contributed by atoms with van der Waals surface area (Å²) in [7, 11) is -1.94. The number of fused-ring (bicyclic) bond motifs is 1. The molecule has 1 aliphatic heterocycles. The molecular formula is C36H47N3O8S. The summed E-state index contributed by atoms with van der Waals surface area (Å²) in [6.45, 7) is 7.37. The summed E-state index contributed by atoms with van der Waals surface area (Å²) in [6.07, 6.45) is 1.92. The first-order chi connectivity index (χ1) is 22.9. The number of carbonyl (C=O) groups is 2. The van der Waals surface area contributed by atoms with Crippen LogP contribution < -0.4 is 9.46 Å². The molecule has 1 heterocycles. The van der Waals surface area contributed by atoms with E-state index in [1.54, 1.807) is 66.4 Å². The molecule has 260 valence electrons. The zero-order valence-electron chi connectivity index (χ0n) is 28.0. The summed E-state index contributed by atoms with van der Waals surface area (Å²) >= 11 is 0. The number of hydrogen-bond donors (Lipinski definition) is 3. The molecule has 0 bridgehead atoms. The molecule has 0 radical (unpaired) electrons. The predicted molar refractivity (Wildman–Crippen MR) is 184 cm³/mol. The van der Waals surface area contributed by atoms with Crippen molar-refractivity contribution in [2.45, 2.75) is 69.7 Å². The summed E-state index contributed by atoms with van der Waals surface area (Å²) in [6, 6.07) is 18.9. The number of nitrogens with zero attached hydrogens (tertiary/aromatic N) is 2. The molecule has 3 aromatic rings. The Balaban J connectivity index is 1.61. The second-order valence-electron chi connectivity index (χ2n) is 12.6. The van der Waals surface area contributed by atoms with Crippen molar-refractivity contribution in [3.8, 4) is 5.75 Å². The second-order valence-corrected chi connectivity index (χ2v) is 14.3. The Hall–Kier alpha value is -3.97. The van der Waals surface area contributed by atoms with Crippen molar-refractivity contribution in [2.24, 2.45) is 5.92 Å². The number of carboxylic acids is 1. The molecule has 0 unspecified atom stereocenters. The number of sulfonamides is 1. The number of carboxylic acid groups (broad SMARTS) is 1. The van der Waals surface area contributed by atoms with Crippen molar-refractivity contribution in [1.29, 1.82) is 0 Å². The van der Waals surface area contributed by atoms with E-state index in [9.17, 15) is 28.2 Å². The minimum absolute atomic E-state index is 0.0962. The number of amides is 1. The second kappa shape index (κ2) is 16.9. The molecule has 12 heteroatoms. The first kappa shape index (κ1) is 36.9. The van der Waals surface area contributed by atoms with Gasteiger partial charge in [0.25, 0.3) is 15.9 Å². The van der Waals surface area contributed by atoms with Crippen LogP contribution in [0.4, 0.5) is 5.69 Å². The number of anilines is 1. The van der Waals surface area contributed by atoms with Gasteiger partial charge in [-0.15, -0.1) is 0 Å². The molecule has 48 heavy (non-hydrogen) atoms. The van der Waals surface area contributed by atoms with Gasteiger partial charge < -0.3 is 24.6 Å². The molecule has 0 saturated carbocycles. The molecular weight excluding hydrogens is 634 g/mol. The zero-order chi connectivity index (χ0) is 34.8. The van der Waals surface area contributed by atoms with Crippen molar-refractivity contribution in [3.63, 3.8) is 0 Å². The fraction of sp³-hybridized carbons (Fsp3) is 0.444. The Bertz CT molecular complexity index is 1620. The minimum Gasteiger partial charge on any atom is -0.490 e. The van der Waals surface area contributed by atoms with Crippen LogP contribution in [0.25, 0.3) is 0 Å². The van der Waals surface area contributed by atoms with Gasteiger partial charge in [0.1, 0.15) is 5.75 Å². The van der Waals surface area contributed by atoms with E-state index < -0.39 is 27.9 Å². The number of hydrogen-bond acceptors (Lipinski definition) is 8. The number of nitrogens with one attached hydrogen (secondary N) is 1. The van der Waals surface area contributed by atoms with Crippen LogP contribution >= 0.6 is 0 Å². The largest absolute Gasteiger partial charge is 0.490 e. The predicted octanol–water partition coefficient (Wildman–Crippen LogP) is 5.11. The maximum absolute atomic E-state index is 14.4. The molecule has 0 saturated heterocycles. The van der Waals surface area contributed by atoms with Gasteiger partial charge in [0.15, 0.2) is 0 Å². The lowest BCUT2D eigenvalue weighted by atomic mass is 10.0. The zero-order valence-corrected chi connectivity index (χ0v) is 28.9. The molecule has 3 aromatic carbocycles. The highest BCUT2D eigenvalue weighted by molar-refractivity contribution is 7.92. The molecule has 0 aromatic heterocycles. The van der Waals surface area contributed by atoms with Gasteiger partial charge in [0, 0.05) is 37.8 Å². The summed E-state index contributed by atoms with van der Waals surface area (Å²) in [4.78, 5) is 29.4. The monoisotopic (exact) mass is 681 g/mol. The smallest absolute Gasteiger partial charge is 0.335 e. The topological polar surface area (TPSA) is 146 Å². The Morgan fingerprint density at radius 2 is 1.77 bits per heavy atom. The summed E-state index contributed by atoms with van der Waals surface area (Å²) < 4.78 is 41.5. The van der Waals surface area contributed by atoms with E-state index in [0.717, 1.165) is 24.8 Å². The number of ether oxygens (including phenoxy) is 2. The number of carbonyl (C=O) groups excluding carboxylic acids is 1. The molecule has 3 N–H and O–H groups in total. The van der Waals surface area contributed by atoms with Crippen LogP contribution in [0.15, 0.2) is 77.7 Å². The number of aliphatic hydroxyl groups excluding tert-OH is 1. The van der Waals surface area contributed by atoms with Crippen molar-refractivity contribution < 1.29 is 37.7 Å². The maximum Gasteiger partial charge on any atom is 0.335 e. The van der Waals surface area contributed by atoms with Crippen molar-refractivity contribution >= 4 is 27.6 Å². The average Bonchev–Trinajstić information content (AvgIpc) is 3.06. The standard InChI is InChI=1S/C36H47N3O8S/c1-25-21-39(26(2)24-40)35(41)32-20-30(37-48(44,45)31-11-6-5-7-12-31)17-18-33(32)47-27(3)10-8-9-19-46-34(25)23-38(4)22-28-13-15-29(16-14-28)36(42)43/h5-7,11-18,20,25-27,34,37,40H,8-10,19,21-24H2,1-4H3,(H,42,43)/t25-,26-,27-,34+/m1/s1. The minimum atomic E-state index is -3.91. The summed E-state index contributed by atoms with van der Waals surface area (Å²) in [5, 5.41) is 19.5. The third kappa shape index (κ3) is 10.0. The molecule has 0 spiro atoms. The first-order valence-electron chi connectivity index (χ1n) is 16.3. The van der Waals surface area contributed by atoms with Crippen LogP contribution in [0.1, 0.15) is 66.3 Å². The SMILES string of the molecule is C[C@@H]1CCCCO[C@@H](CN(C)Cc2ccc(C(=O)O)cc2)[C@H](C)CN([C@H](C)CO)C(=O)c2cc(NS(=O)(=O)c3ccccc3)ccc2O1. The van der Waals surface area contributed by atoms with Gasteiger partial charge in [-0.2, -0.15) is 0 Å². The lowest BCUT2D eigenvalue weighted by Crippen LogP contribution is -2.47. The lowest BCUT2D eigenvalue weighted by molar-refractivity contribution is -0.0177.